The predicted molar refractivity (Wildman–Crippen MR) is 74.8 cm³/mol. The molecule has 1 heterocycles. The first kappa shape index (κ1) is 12.7. The third-order valence-corrected chi connectivity index (χ3v) is 3.83. The number of rotatable bonds is 3. The highest BCUT2D eigenvalue weighted by atomic mass is 35.5. The molecule has 2 rings (SSSR count). The van der Waals surface area contributed by atoms with Crippen LogP contribution in [0.5, 0.6) is 0 Å². The van der Waals surface area contributed by atoms with Gasteiger partial charge in [0.15, 0.2) is 0 Å². The van der Waals surface area contributed by atoms with Crippen molar-refractivity contribution in [1.29, 1.82) is 0 Å². The van der Waals surface area contributed by atoms with Gasteiger partial charge in [-0.3, -0.25) is 0 Å². The molecule has 1 aromatic carbocycles. The fourth-order valence-electron chi connectivity index (χ4n) is 2.41. The molecule has 0 saturated carbocycles. The minimum Gasteiger partial charge on any atom is -0.381 e. The standard InChI is InChI=1S/C14H21ClN2/c1-2-17-10-5-6-12(9-11-17)16-14-8-4-3-7-13(14)15/h3-4,7-8,12,16H,2,5-6,9-11H2,1H3. The Hall–Kier alpha value is -0.730. The number of para-hydroxylation sites is 1. The van der Waals surface area contributed by atoms with Gasteiger partial charge in [-0.05, 0) is 44.5 Å². The quantitative estimate of drug-likeness (QED) is 0.884. The molecule has 1 aliphatic heterocycles. The van der Waals surface area contributed by atoms with Gasteiger partial charge in [0.1, 0.15) is 0 Å². The number of nitrogens with one attached hydrogen (secondary N) is 1. The van der Waals surface area contributed by atoms with Crippen LogP contribution in [-0.2, 0) is 0 Å². The molecular formula is C14H21ClN2. The van der Waals surface area contributed by atoms with Gasteiger partial charge in [0.25, 0.3) is 0 Å². The average Bonchev–Trinajstić information content (AvgIpc) is 2.57. The van der Waals surface area contributed by atoms with Gasteiger partial charge in [-0.1, -0.05) is 30.7 Å². The van der Waals surface area contributed by atoms with Crippen LogP contribution in [0.4, 0.5) is 5.69 Å². The summed E-state index contributed by atoms with van der Waals surface area (Å²) >= 11 is 6.17. The van der Waals surface area contributed by atoms with Gasteiger partial charge in [0, 0.05) is 12.6 Å². The van der Waals surface area contributed by atoms with Gasteiger partial charge in [-0.2, -0.15) is 0 Å². The Labute approximate surface area is 109 Å². The van der Waals surface area contributed by atoms with Crippen LogP contribution in [0, 0.1) is 0 Å². The zero-order valence-corrected chi connectivity index (χ0v) is 11.2. The van der Waals surface area contributed by atoms with E-state index in [1.165, 1.54) is 38.9 Å². The largest absolute Gasteiger partial charge is 0.381 e. The van der Waals surface area contributed by atoms with Crippen molar-refractivity contribution in [1.82, 2.24) is 4.90 Å². The summed E-state index contributed by atoms with van der Waals surface area (Å²) in [6, 6.07) is 8.57. The summed E-state index contributed by atoms with van der Waals surface area (Å²) in [4.78, 5) is 2.52. The van der Waals surface area contributed by atoms with E-state index in [0.717, 1.165) is 10.7 Å². The molecule has 0 spiro atoms. The van der Waals surface area contributed by atoms with Crippen molar-refractivity contribution in [3.8, 4) is 0 Å². The molecular weight excluding hydrogens is 232 g/mol. The van der Waals surface area contributed by atoms with Crippen LogP contribution in [0.15, 0.2) is 24.3 Å². The van der Waals surface area contributed by atoms with Crippen LogP contribution in [-0.4, -0.2) is 30.6 Å². The van der Waals surface area contributed by atoms with E-state index < -0.39 is 0 Å². The Kier molecular flexibility index (Phi) is 4.69. The van der Waals surface area contributed by atoms with Gasteiger partial charge < -0.3 is 10.2 Å². The van der Waals surface area contributed by atoms with Crippen molar-refractivity contribution in [2.45, 2.75) is 32.2 Å². The van der Waals surface area contributed by atoms with E-state index in [-0.39, 0.29) is 0 Å². The van der Waals surface area contributed by atoms with Crippen LogP contribution in [0.25, 0.3) is 0 Å². The number of halogens is 1. The highest BCUT2D eigenvalue weighted by Gasteiger charge is 2.16. The second-order valence-electron chi connectivity index (χ2n) is 4.69. The fourth-order valence-corrected chi connectivity index (χ4v) is 2.60. The molecule has 1 unspecified atom stereocenters. The van der Waals surface area contributed by atoms with Gasteiger partial charge in [-0.15, -0.1) is 0 Å². The molecule has 3 heteroatoms. The van der Waals surface area contributed by atoms with Crippen LogP contribution in [0.2, 0.25) is 5.02 Å². The molecule has 1 aromatic rings. The molecule has 0 radical (unpaired) electrons. The van der Waals surface area contributed by atoms with Crippen molar-refractivity contribution in [2.24, 2.45) is 0 Å². The SMILES string of the molecule is CCN1CCCC(Nc2ccccc2Cl)CC1. The highest BCUT2D eigenvalue weighted by Crippen LogP contribution is 2.23. The smallest absolute Gasteiger partial charge is 0.0637 e. The van der Waals surface area contributed by atoms with Crippen molar-refractivity contribution < 1.29 is 0 Å². The number of nitrogens with zero attached hydrogens (tertiary/aromatic N) is 1. The Morgan fingerprint density at radius 3 is 2.88 bits per heavy atom. The van der Waals surface area contributed by atoms with Crippen molar-refractivity contribution in [2.75, 3.05) is 25.0 Å². The summed E-state index contributed by atoms with van der Waals surface area (Å²) in [5.74, 6) is 0. The second-order valence-corrected chi connectivity index (χ2v) is 5.09. The number of anilines is 1. The topological polar surface area (TPSA) is 15.3 Å². The molecule has 17 heavy (non-hydrogen) atoms. The summed E-state index contributed by atoms with van der Waals surface area (Å²) < 4.78 is 0. The van der Waals surface area contributed by atoms with Gasteiger partial charge in [0.05, 0.1) is 10.7 Å². The second kappa shape index (κ2) is 6.27. The molecule has 1 N–H and O–H groups in total. The minimum atomic E-state index is 0.562. The van der Waals surface area contributed by atoms with Crippen molar-refractivity contribution >= 4 is 17.3 Å². The molecule has 94 valence electrons. The Bertz CT molecular complexity index is 354. The molecule has 2 nitrogen and oxygen atoms in total. The average molecular weight is 253 g/mol. The van der Waals surface area contributed by atoms with Gasteiger partial charge in [0.2, 0.25) is 0 Å². The third kappa shape index (κ3) is 3.62. The lowest BCUT2D eigenvalue weighted by atomic mass is 10.1. The minimum absolute atomic E-state index is 0.562. The van der Waals surface area contributed by atoms with Crippen LogP contribution in [0.1, 0.15) is 26.2 Å². The molecule has 1 atom stereocenters. The Morgan fingerprint density at radius 1 is 1.29 bits per heavy atom. The predicted octanol–water partition coefficient (Wildman–Crippen LogP) is 3.63. The van der Waals surface area contributed by atoms with Gasteiger partial charge in [-0.25, -0.2) is 0 Å². The lowest BCUT2D eigenvalue weighted by molar-refractivity contribution is 0.300. The maximum atomic E-state index is 6.17. The van der Waals surface area contributed by atoms with E-state index in [0.29, 0.717) is 6.04 Å². The summed E-state index contributed by atoms with van der Waals surface area (Å²) in [5.41, 5.74) is 1.07. The van der Waals surface area contributed by atoms with E-state index in [2.05, 4.69) is 23.2 Å². The zero-order valence-electron chi connectivity index (χ0n) is 10.5. The highest BCUT2D eigenvalue weighted by molar-refractivity contribution is 6.33. The van der Waals surface area contributed by atoms with Crippen molar-refractivity contribution in [3.05, 3.63) is 29.3 Å². The summed E-state index contributed by atoms with van der Waals surface area (Å²) in [7, 11) is 0. The first-order valence-electron chi connectivity index (χ1n) is 6.53. The van der Waals surface area contributed by atoms with Crippen LogP contribution in [0.3, 0.4) is 0 Å². The number of benzene rings is 1. The Morgan fingerprint density at radius 2 is 2.12 bits per heavy atom. The molecule has 1 aliphatic rings. The van der Waals surface area contributed by atoms with E-state index in [9.17, 15) is 0 Å². The van der Waals surface area contributed by atoms with Crippen molar-refractivity contribution in [3.63, 3.8) is 0 Å². The number of hydrogen-bond acceptors (Lipinski definition) is 2. The molecule has 1 fully saturated rings. The summed E-state index contributed by atoms with van der Waals surface area (Å²) in [6.45, 7) is 5.83. The maximum Gasteiger partial charge on any atom is 0.0637 e. The first-order chi connectivity index (χ1) is 8.29. The zero-order chi connectivity index (χ0) is 12.1. The van der Waals surface area contributed by atoms with E-state index in [1.807, 2.05) is 18.2 Å². The monoisotopic (exact) mass is 252 g/mol. The third-order valence-electron chi connectivity index (χ3n) is 3.50. The van der Waals surface area contributed by atoms with E-state index in [4.69, 9.17) is 11.6 Å². The molecule has 1 saturated heterocycles. The number of likely N-dealkylation sites (tertiary alicyclic amines) is 1. The Balaban J connectivity index is 1.93. The van der Waals surface area contributed by atoms with E-state index >= 15 is 0 Å². The first-order valence-corrected chi connectivity index (χ1v) is 6.91. The molecule has 0 amide bonds. The normalized spacial score (nSPS) is 22.1. The van der Waals surface area contributed by atoms with Crippen LogP contribution >= 0.6 is 11.6 Å². The lowest BCUT2D eigenvalue weighted by Gasteiger charge is -2.19. The van der Waals surface area contributed by atoms with E-state index in [1.54, 1.807) is 0 Å². The maximum absolute atomic E-state index is 6.17. The fraction of sp³-hybridized carbons (Fsp3) is 0.571. The number of hydrogen-bond donors (Lipinski definition) is 1. The molecule has 0 bridgehead atoms. The van der Waals surface area contributed by atoms with Crippen LogP contribution < -0.4 is 5.32 Å². The summed E-state index contributed by atoms with van der Waals surface area (Å²) in [6.07, 6.45) is 3.72. The molecule has 0 aliphatic carbocycles. The molecule has 0 aromatic heterocycles. The van der Waals surface area contributed by atoms with Gasteiger partial charge >= 0.3 is 0 Å². The lowest BCUT2D eigenvalue weighted by Crippen LogP contribution is -2.26. The summed E-state index contributed by atoms with van der Waals surface area (Å²) in [5, 5.41) is 4.40.